The largest absolute Gasteiger partial charge is 0.481 e. The second-order valence-corrected chi connectivity index (χ2v) is 3.42. The first-order valence-electron chi connectivity index (χ1n) is 4.80. The second-order valence-electron chi connectivity index (χ2n) is 3.42. The minimum absolute atomic E-state index is 0.169. The summed E-state index contributed by atoms with van der Waals surface area (Å²) in [7, 11) is 0. The van der Waals surface area contributed by atoms with Gasteiger partial charge in [0, 0.05) is 25.5 Å². The van der Waals surface area contributed by atoms with Crippen LogP contribution in [0.3, 0.4) is 0 Å². The molecule has 0 fully saturated rings. The minimum Gasteiger partial charge on any atom is -0.481 e. The number of pyridine rings is 1. The molecule has 0 spiro atoms. The predicted molar refractivity (Wildman–Crippen MR) is 53.1 cm³/mol. The van der Waals surface area contributed by atoms with Crippen molar-refractivity contribution in [3.05, 3.63) is 30.1 Å². The van der Waals surface area contributed by atoms with Gasteiger partial charge in [-0.3, -0.25) is 9.78 Å². The van der Waals surface area contributed by atoms with Crippen LogP contribution in [0.1, 0.15) is 5.56 Å². The van der Waals surface area contributed by atoms with Gasteiger partial charge in [-0.25, -0.2) is 0 Å². The normalized spacial score (nSPS) is 13.4. The number of nitrogens with zero attached hydrogens (tertiary/aromatic N) is 1. The van der Waals surface area contributed by atoms with E-state index in [1.807, 2.05) is 0 Å². The topological polar surface area (TPSA) is 62.2 Å². The molecule has 0 aromatic carbocycles. The molecule has 1 unspecified atom stereocenters. The van der Waals surface area contributed by atoms with Crippen LogP contribution in [0.2, 0.25) is 0 Å². The Morgan fingerprint density at radius 1 is 1.41 bits per heavy atom. The molecule has 1 aromatic heterocycles. The summed E-state index contributed by atoms with van der Waals surface area (Å²) in [5, 5.41) is 10.9. The number of alkyl halides is 3. The lowest BCUT2D eigenvalue weighted by Gasteiger charge is -2.16. The maximum atomic E-state index is 12.3. The number of halogens is 3. The summed E-state index contributed by atoms with van der Waals surface area (Å²) < 4.78 is 36.8. The number of hydrogen-bond acceptors (Lipinski definition) is 3. The molecule has 0 saturated carbocycles. The van der Waals surface area contributed by atoms with Crippen molar-refractivity contribution in [3.8, 4) is 0 Å². The zero-order valence-electron chi connectivity index (χ0n) is 8.74. The van der Waals surface area contributed by atoms with Gasteiger partial charge < -0.3 is 10.4 Å². The Morgan fingerprint density at radius 3 is 2.47 bits per heavy atom. The first-order valence-corrected chi connectivity index (χ1v) is 4.80. The molecule has 0 aliphatic carbocycles. The standard InChI is InChI=1S/C10H11F3N2O2/c11-10(12,13)8(9(16)17)6-15-5-7-1-3-14-4-2-7/h1-4,8,15H,5-6H2,(H,16,17). The quantitative estimate of drug-likeness (QED) is 0.827. The van der Waals surface area contributed by atoms with E-state index in [1.54, 1.807) is 12.1 Å². The van der Waals surface area contributed by atoms with Crippen LogP contribution in [-0.2, 0) is 11.3 Å². The van der Waals surface area contributed by atoms with Gasteiger partial charge in [0.25, 0.3) is 0 Å². The fourth-order valence-corrected chi connectivity index (χ4v) is 1.20. The summed E-state index contributed by atoms with van der Waals surface area (Å²) in [5.41, 5.74) is 0.742. The van der Waals surface area contributed by atoms with E-state index >= 15 is 0 Å². The monoisotopic (exact) mass is 248 g/mol. The van der Waals surface area contributed by atoms with E-state index in [0.717, 1.165) is 5.56 Å². The lowest BCUT2D eigenvalue weighted by molar-refractivity contribution is -0.192. The van der Waals surface area contributed by atoms with Crippen molar-refractivity contribution < 1.29 is 23.1 Å². The average Bonchev–Trinajstić information content (AvgIpc) is 2.23. The molecular weight excluding hydrogens is 237 g/mol. The third-order valence-corrected chi connectivity index (χ3v) is 2.12. The smallest absolute Gasteiger partial charge is 0.403 e. The number of rotatable bonds is 5. The first-order chi connectivity index (χ1) is 7.91. The van der Waals surface area contributed by atoms with Gasteiger partial charge in [-0.1, -0.05) is 0 Å². The van der Waals surface area contributed by atoms with Crippen molar-refractivity contribution in [2.75, 3.05) is 6.54 Å². The molecule has 1 atom stereocenters. The van der Waals surface area contributed by atoms with Gasteiger partial charge in [-0.2, -0.15) is 13.2 Å². The van der Waals surface area contributed by atoms with Crippen LogP contribution in [0.25, 0.3) is 0 Å². The summed E-state index contributed by atoms with van der Waals surface area (Å²) >= 11 is 0. The number of hydrogen-bond donors (Lipinski definition) is 2. The third-order valence-electron chi connectivity index (χ3n) is 2.12. The number of carboxylic acids is 1. The molecule has 94 valence electrons. The van der Waals surface area contributed by atoms with Gasteiger partial charge >= 0.3 is 12.1 Å². The summed E-state index contributed by atoms with van der Waals surface area (Å²) in [5.74, 6) is -4.26. The molecule has 0 aliphatic rings. The molecule has 1 aromatic rings. The number of aromatic nitrogens is 1. The van der Waals surface area contributed by atoms with Gasteiger partial charge in [0.05, 0.1) is 0 Å². The Kier molecular flexibility index (Phi) is 4.45. The lowest BCUT2D eigenvalue weighted by Crippen LogP contribution is -2.38. The van der Waals surface area contributed by atoms with Crippen molar-refractivity contribution >= 4 is 5.97 Å². The second kappa shape index (κ2) is 5.62. The maximum Gasteiger partial charge on any atom is 0.403 e. The number of carboxylic acid groups (broad SMARTS) is 1. The van der Waals surface area contributed by atoms with E-state index in [-0.39, 0.29) is 6.54 Å². The summed E-state index contributed by atoms with van der Waals surface area (Å²) in [6.07, 6.45) is -1.72. The minimum atomic E-state index is -4.74. The molecular formula is C10H11F3N2O2. The zero-order chi connectivity index (χ0) is 12.9. The van der Waals surface area contributed by atoms with Crippen LogP contribution in [0.4, 0.5) is 13.2 Å². The highest BCUT2D eigenvalue weighted by atomic mass is 19.4. The molecule has 17 heavy (non-hydrogen) atoms. The van der Waals surface area contributed by atoms with E-state index in [2.05, 4.69) is 10.3 Å². The molecule has 1 heterocycles. The van der Waals surface area contributed by atoms with Crippen LogP contribution in [0, 0.1) is 5.92 Å². The van der Waals surface area contributed by atoms with Gasteiger partial charge in [-0.15, -0.1) is 0 Å². The number of nitrogens with one attached hydrogen (secondary N) is 1. The molecule has 0 amide bonds. The molecule has 0 bridgehead atoms. The van der Waals surface area contributed by atoms with Crippen LogP contribution in [0.5, 0.6) is 0 Å². The zero-order valence-corrected chi connectivity index (χ0v) is 8.74. The van der Waals surface area contributed by atoms with Crippen molar-refractivity contribution in [3.63, 3.8) is 0 Å². The Morgan fingerprint density at radius 2 is 2.00 bits per heavy atom. The fraction of sp³-hybridized carbons (Fsp3) is 0.400. The van der Waals surface area contributed by atoms with Crippen LogP contribution >= 0.6 is 0 Å². The molecule has 7 heteroatoms. The SMILES string of the molecule is O=C(O)C(CNCc1ccncc1)C(F)(F)F. The van der Waals surface area contributed by atoms with Gasteiger partial charge in [0.15, 0.2) is 5.92 Å². The van der Waals surface area contributed by atoms with Gasteiger partial charge in [0.1, 0.15) is 0 Å². The number of aliphatic carboxylic acids is 1. The summed E-state index contributed by atoms with van der Waals surface area (Å²) in [6, 6.07) is 3.27. The number of carbonyl (C=O) groups is 1. The highest BCUT2D eigenvalue weighted by molar-refractivity contribution is 5.71. The molecule has 0 aliphatic heterocycles. The Labute approximate surface area is 95.5 Å². The molecule has 1 rings (SSSR count). The molecule has 2 N–H and O–H groups in total. The molecule has 0 radical (unpaired) electrons. The lowest BCUT2D eigenvalue weighted by atomic mass is 10.1. The van der Waals surface area contributed by atoms with E-state index in [0.29, 0.717) is 0 Å². The fourth-order valence-electron chi connectivity index (χ4n) is 1.20. The average molecular weight is 248 g/mol. The van der Waals surface area contributed by atoms with E-state index < -0.39 is 24.6 Å². The molecule has 4 nitrogen and oxygen atoms in total. The van der Waals surface area contributed by atoms with Gasteiger partial charge in [-0.05, 0) is 17.7 Å². The van der Waals surface area contributed by atoms with Crippen molar-refractivity contribution in [1.82, 2.24) is 10.3 Å². The maximum absolute atomic E-state index is 12.3. The highest BCUT2D eigenvalue weighted by Crippen LogP contribution is 2.25. The van der Waals surface area contributed by atoms with E-state index in [4.69, 9.17) is 5.11 Å². The van der Waals surface area contributed by atoms with Gasteiger partial charge in [0.2, 0.25) is 0 Å². The first kappa shape index (κ1) is 13.4. The Bertz CT molecular complexity index is 368. The third kappa shape index (κ3) is 4.39. The van der Waals surface area contributed by atoms with Crippen LogP contribution in [-0.4, -0.2) is 28.8 Å². The molecule has 0 saturated heterocycles. The Balaban J connectivity index is 2.46. The van der Waals surface area contributed by atoms with E-state index in [9.17, 15) is 18.0 Å². The van der Waals surface area contributed by atoms with Crippen molar-refractivity contribution in [2.45, 2.75) is 12.7 Å². The van der Waals surface area contributed by atoms with E-state index in [1.165, 1.54) is 12.4 Å². The summed E-state index contributed by atoms with van der Waals surface area (Å²) in [4.78, 5) is 14.2. The van der Waals surface area contributed by atoms with Crippen LogP contribution in [0.15, 0.2) is 24.5 Å². The predicted octanol–water partition coefficient (Wildman–Crippen LogP) is 1.43. The Hall–Kier alpha value is -1.63. The highest BCUT2D eigenvalue weighted by Gasteiger charge is 2.44. The van der Waals surface area contributed by atoms with Crippen molar-refractivity contribution in [1.29, 1.82) is 0 Å². The van der Waals surface area contributed by atoms with Crippen LogP contribution < -0.4 is 5.32 Å². The van der Waals surface area contributed by atoms with Crippen molar-refractivity contribution in [2.24, 2.45) is 5.92 Å². The summed E-state index contributed by atoms with van der Waals surface area (Å²) in [6.45, 7) is -0.483.